The Kier molecular flexibility index (Phi) is 5.06. The molecule has 0 saturated heterocycles. The summed E-state index contributed by atoms with van der Waals surface area (Å²) >= 11 is 0. The Morgan fingerprint density at radius 2 is 2.04 bits per heavy atom. The highest BCUT2D eigenvalue weighted by molar-refractivity contribution is 5.87. The fourth-order valence-electron chi connectivity index (χ4n) is 2.07. The predicted octanol–water partition coefficient (Wildman–Crippen LogP) is 3.39. The molecule has 2 aromatic rings. The van der Waals surface area contributed by atoms with Gasteiger partial charge in [0, 0.05) is 5.56 Å². The van der Waals surface area contributed by atoms with Gasteiger partial charge in [-0.2, -0.15) is 18.3 Å². The van der Waals surface area contributed by atoms with E-state index in [-0.39, 0.29) is 30.1 Å². The van der Waals surface area contributed by atoms with Crippen LogP contribution in [-0.4, -0.2) is 27.3 Å². The molecule has 0 amide bonds. The van der Waals surface area contributed by atoms with Gasteiger partial charge in [0.15, 0.2) is 5.82 Å². The van der Waals surface area contributed by atoms with Crippen molar-refractivity contribution in [3.05, 3.63) is 47.8 Å². The van der Waals surface area contributed by atoms with E-state index in [0.717, 1.165) is 12.1 Å². The van der Waals surface area contributed by atoms with Crippen LogP contribution < -0.4 is 0 Å². The number of rotatable bonds is 5. The SMILES string of the molecule is C=C(Cn1cnc(-c2cc(C)cc(C(F)(F)F)c2)n1)C(=O)OCC. The third-order valence-electron chi connectivity index (χ3n) is 3.12. The van der Waals surface area contributed by atoms with E-state index in [1.54, 1.807) is 19.9 Å². The molecule has 0 radical (unpaired) electrons. The number of esters is 1. The summed E-state index contributed by atoms with van der Waals surface area (Å²) in [5.74, 6) is -0.412. The molecule has 0 aliphatic carbocycles. The van der Waals surface area contributed by atoms with Gasteiger partial charge in [-0.25, -0.2) is 14.5 Å². The second-order valence-electron chi connectivity index (χ2n) is 5.18. The maximum atomic E-state index is 12.9. The zero-order chi connectivity index (χ0) is 17.9. The normalized spacial score (nSPS) is 11.4. The molecule has 0 aliphatic rings. The molecule has 8 heteroatoms. The van der Waals surface area contributed by atoms with Crippen molar-refractivity contribution in [1.29, 1.82) is 0 Å². The van der Waals surface area contributed by atoms with Crippen LogP contribution in [0.1, 0.15) is 18.1 Å². The highest BCUT2D eigenvalue weighted by atomic mass is 19.4. The first-order valence-electron chi connectivity index (χ1n) is 7.14. The number of benzene rings is 1. The second-order valence-corrected chi connectivity index (χ2v) is 5.18. The summed E-state index contributed by atoms with van der Waals surface area (Å²) in [4.78, 5) is 15.5. The monoisotopic (exact) mass is 339 g/mol. The molecule has 0 aliphatic heterocycles. The first kappa shape index (κ1) is 17.7. The van der Waals surface area contributed by atoms with Gasteiger partial charge in [0.05, 0.1) is 24.3 Å². The van der Waals surface area contributed by atoms with Crippen molar-refractivity contribution in [3.8, 4) is 11.4 Å². The van der Waals surface area contributed by atoms with Gasteiger partial charge in [0.25, 0.3) is 0 Å². The molecule has 0 N–H and O–H groups in total. The summed E-state index contributed by atoms with van der Waals surface area (Å²) in [6.45, 7) is 7.11. The van der Waals surface area contributed by atoms with Gasteiger partial charge < -0.3 is 4.74 Å². The van der Waals surface area contributed by atoms with E-state index in [1.165, 1.54) is 11.0 Å². The minimum absolute atomic E-state index is 0.0454. The maximum Gasteiger partial charge on any atom is 0.416 e. The number of halogens is 3. The third kappa shape index (κ3) is 4.21. The van der Waals surface area contributed by atoms with Gasteiger partial charge in [0.2, 0.25) is 0 Å². The van der Waals surface area contributed by atoms with Gasteiger partial charge in [-0.15, -0.1) is 0 Å². The molecule has 0 bridgehead atoms. The lowest BCUT2D eigenvalue weighted by molar-refractivity contribution is -0.139. The third-order valence-corrected chi connectivity index (χ3v) is 3.12. The number of carbonyl (C=O) groups is 1. The summed E-state index contributed by atoms with van der Waals surface area (Å²) < 4.78 is 44.8. The van der Waals surface area contributed by atoms with Crippen LogP contribution in [0.5, 0.6) is 0 Å². The quantitative estimate of drug-likeness (QED) is 0.619. The molecule has 1 heterocycles. The number of nitrogens with zero attached hydrogens (tertiary/aromatic N) is 3. The number of hydrogen-bond donors (Lipinski definition) is 0. The lowest BCUT2D eigenvalue weighted by Crippen LogP contribution is -2.12. The molecule has 5 nitrogen and oxygen atoms in total. The molecule has 0 fully saturated rings. The summed E-state index contributed by atoms with van der Waals surface area (Å²) in [7, 11) is 0. The molecular weight excluding hydrogens is 323 g/mol. The van der Waals surface area contributed by atoms with Crippen molar-refractivity contribution in [2.75, 3.05) is 6.61 Å². The van der Waals surface area contributed by atoms with E-state index >= 15 is 0 Å². The van der Waals surface area contributed by atoms with E-state index in [2.05, 4.69) is 16.7 Å². The Balaban J connectivity index is 2.23. The fraction of sp³-hybridized carbons (Fsp3) is 0.312. The van der Waals surface area contributed by atoms with Crippen LogP contribution in [0.25, 0.3) is 11.4 Å². The summed E-state index contributed by atoms with van der Waals surface area (Å²) in [5.41, 5.74) is 0.119. The van der Waals surface area contributed by atoms with Gasteiger partial charge >= 0.3 is 12.1 Å². The predicted molar refractivity (Wildman–Crippen MR) is 81.0 cm³/mol. The first-order valence-corrected chi connectivity index (χ1v) is 7.14. The van der Waals surface area contributed by atoms with E-state index in [1.807, 2.05) is 0 Å². The van der Waals surface area contributed by atoms with Crippen molar-refractivity contribution >= 4 is 5.97 Å². The standard InChI is InChI=1S/C16H16F3N3O2/c1-4-24-15(23)11(3)8-22-9-20-14(21-22)12-5-10(2)6-13(7-12)16(17,18)19/h5-7,9H,3-4,8H2,1-2H3. The highest BCUT2D eigenvalue weighted by Gasteiger charge is 2.31. The Morgan fingerprint density at radius 1 is 1.33 bits per heavy atom. The number of carbonyl (C=O) groups excluding carboxylic acids is 1. The average molecular weight is 339 g/mol. The Bertz CT molecular complexity index is 766. The van der Waals surface area contributed by atoms with Gasteiger partial charge in [0.1, 0.15) is 6.33 Å². The summed E-state index contributed by atoms with van der Waals surface area (Å²) in [6, 6.07) is 3.62. The van der Waals surface area contributed by atoms with Gasteiger partial charge in [-0.3, -0.25) is 0 Å². The van der Waals surface area contributed by atoms with Crippen molar-refractivity contribution in [3.63, 3.8) is 0 Å². The number of hydrogen-bond acceptors (Lipinski definition) is 4. The van der Waals surface area contributed by atoms with Crippen LogP contribution in [-0.2, 0) is 22.3 Å². The molecule has 0 spiro atoms. The number of aromatic nitrogens is 3. The summed E-state index contributed by atoms with van der Waals surface area (Å²) in [6.07, 6.45) is -3.11. The van der Waals surface area contributed by atoms with Crippen LogP contribution in [0.15, 0.2) is 36.7 Å². The first-order chi connectivity index (χ1) is 11.2. The van der Waals surface area contributed by atoms with Crippen LogP contribution in [0, 0.1) is 6.92 Å². The van der Waals surface area contributed by atoms with E-state index < -0.39 is 17.7 Å². The molecular formula is C16H16F3N3O2. The Morgan fingerprint density at radius 3 is 2.67 bits per heavy atom. The van der Waals surface area contributed by atoms with Crippen LogP contribution in [0.2, 0.25) is 0 Å². The van der Waals surface area contributed by atoms with Gasteiger partial charge in [-0.1, -0.05) is 6.58 Å². The molecule has 128 valence electrons. The lowest BCUT2D eigenvalue weighted by atomic mass is 10.1. The average Bonchev–Trinajstić information content (AvgIpc) is 2.94. The van der Waals surface area contributed by atoms with E-state index in [4.69, 9.17) is 4.74 Å². The lowest BCUT2D eigenvalue weighted by Gasteiger charge is -2.09. The molecule has 1 aromatic heterocycles. The highest BCUT2D eigenvalue weighted by Crippen LogP contribution is 2.32. The smallest absolute Gasteiger partial charge is 0.416 e. The number of aryl methyl sites for hydroxylation is 1. The van der Waals surface area contributed by atoms with Crippen LogP contribution >= 0.6 is 0 Å². The molecule has 24 heavy (non-hydrogen) atoms. The largest absolute Gasteiger partial charge is 0.463 e. The minimum Gasteiger partial charge on any atom is -0.463 e. The van der Waals surface area contributed by atoms with Crippen molar-refractivity contribution < 1.29 is 22.7 Å². The Hall–Kier alpha value is -2.64. The topological polar surface area (TPSA) is 57.0 Å². The Labute approximate surface area is 136 Å². The minimum atomic E-state index is -4.44. The van der Waals surface area contributed by atoms with E-state index in [0.29, 0.717) is 5.56 Å². The second kappa shape index (κ2) is 6.86. The van der Waals surface area contributed by atoms with Crippen molar-refractivity contribution in [2.24, 2.45) is 0 Å². The fourth-order valence-corrected chi connectivity index (χ4v) is 2.07. The summed E-state index contributed by atoms with van der Waals surface area (Å²) in [5, 5.41) is 4.10. The zero-order valence-electron chi connectivity index (χ0n) is 13.2. The van der Waals surface area contributed by atoms with Crippen LogP contribution in [0.3, 0.4) is 0 Å². The van der Waals surface area contributed by atoms with E-state index in [9.17, 15) is 18.0 Å². The van der Waals surface area contributed by atoms with Crippen LogP contribution in [0.4, 0.5) is 13.2 Å². The number of ether oxygens (including phenoxy) is 1. The van der Waals surface area contributed by atoms with Gasteiger partial charge in [-0.05, 0) is 37.6 Å². The molecule has 2 rings (SSSR count). The zero-order valence-corrected chi connectivity index (χ0v) is 13.2. The molecule has 0 saturated carbocycles. The van der Waals surface area contributed by atoms with Crippen molar-refractivity contribution in [2.45, 2.75) is 26.6 Å². The maximum absolute atomic E-state index is 12.9. The number of alkyl halides is 3. The van der Waals surface area contributed by atoms with Crippen molar-refractivity contribution in [1.82, 2.24) is 14.8 Å². The molecule has 0 atom stereocenters. The molecule has 1 aromatic carbocycles. The molecule has 0 unspecified atom stereocenters.